The Hall–Kier alpha value is -1.71. The summed E-state index contributed by atoms with van der Waals surface area (Å²) in [4.78, 5) is 14.2. The third kappa shape index (κ3) is 3.69. The molecule has 1 amide bonds. The van der Waals surface area contributed by atoms with Gasteiger partial charge in [-0.2, -0.15) is 0 Å². The van der Waals surface area contributed by atoms with Crippen molar-refractivity contribution in [2.24, 2.45) is 0 Å². The van der Waals surface area contributed by atoms with E-state index < -0.39 is 0 Å². The van der Waals surface area contributed by atoms with E-state index in [2.05, 4.69) is 0 Å². The molecule has 0 fully saturated rings. The number of carbonyl (C=O) groups excluding carboxylic acids is 1. The first-order valence-corrected chi connectivity index (χ1v) is 7.37. The summed E-state index contributed by atoms with van der Waals surface area (Å²) in [6.07, 6.45) is 0.249. The van der Waals surface area contributed by atoms with Crippen LogP contribution in [0.15, 0.2) is 42.5 Å². The summed E-state index contributed by atoms with van der Waals surface area (Å²) >= 11 is 11.9. The van der Waals surface area contributed by atoms with Crippen LogP contribution in [0.4, 0.5) is 11.4 Å². The number of hydrogen-bond donors (Lipinski definition) is 1. The smallest absolute Gasteiger partial charge is 0.231 e. The number of anilines is 2. The van der Waals surface area contributed by atoms with E-state index >= 15 is 0 Å². The fraction of sp³-hybridized carbons (Fsp3) is 0.188. The number of benzene rings is 2. The lowest BCUT2D eigenvalue weighted by Crippen LogP contribution is -2.32. The van der Waals surface area contributed by atoms with Crippen LogP contribution in [0.2, 0.25) is 10.0 Å². The Morgan fingerprint density at radius 1 is 1.14 bits per heavy atom. The van der Waals surface area contributed by atoms with E-state index in [-0.39, 0.29) is 12.3 Å². The Kier molecular flexibility index (Phi) is 5.10. The highest BCUT2D eigenvalue weighted by Crippen LogP contribution is 2.25. The van der Waals surface area contributed by atoms with Crippen molar-refractivity contribution in [1.82, 2.24) is 0 Å². The summed E-state index contributed by atoms with van der Waals surface area (Å²) in [6, 6.07) is 12.5. The number of rotatable bonds is 4. The molecule has 2 aromatic carbocycles. The van der Waals surface area contributed by atoms with Crippen LogP contribution in [0, 0.1) is 0 Å². The summed E-state index contributed by atoms with van der Waals surface area (Å²) in [5, 5.41) is 0.928. The van der Waals surface area contributed by atoms with Crippen molar-refractivity contribution < 1.29 is 4.79 Å². The normalized spacial score (nSPS) is 10.4. The molecule has 110 valence electrons. The van der Waals surface area contributed by atoms with Crippen molar-refractivity contribution in [1.29, 1.82) is 0 Å². The fourth-order valence-corrected chi connectivity index (χ4v) is 2.45. The summed E-state index contributed by atoms with van der Waals surface area (Å²) in [5.41, 5.74) is 8.07. The number of nitrogens with zero attached hydrogens (tertiary/aromatic N) is 1. The molecule has 0 saturated carbocycles. The summed E-state index contributed by atoms with van der Waals surface area (Å²) in [7, 11) is 0. The van der Waals surface area contributed by atoms with E-state index in [1.165, 1.54) is 0 Å². The minimum absolute atomic E-state index is 0.0335. The highest BCUT2D eigenvalue weighted by molar-refractivity contribution is 6.42. The van der Waals surface area contributed by atoms with Crippen molar-refractivity contribution in [3.8, 4) is 0 Å². The average Bonchev–Trinajstić information content (AvgIpc) is 2.46. The third-order valence-electron chi connectivity index (χ3n) is 3.18. The largest absolute Gasteiger partial charge is 0.397 e. The topological polar surface area (TPSA) is 46.3 Å². The van der Waals surface area contributed by atoms with Crippen LogP contribution in [0.3, 0.4) is 0 Å². The maximum atomic E-state index is 12.5. The highest BCUT2D eigenvalue weighted by Gasteiger charge is 2.16. The minimum atomic E-state index is -0.0335. The standard InChI is InChI=1S/C16H16Cl2N2O/c1-2-20(15-6-4-3-5-14(15)19)16(21)10-11-7-8-12(17)13(18)9-11/h3-9H,2,10,19H2,1H3. The van der Waals surface area contributed by atoms with Gasteiger partial charge in [0, 0.05) is 6.54 Å². The van der Waals surface area contributed by atoms with Gasteiger partial charge in [0.15, 0.2) is 0 Å². The summed E-state index contributed by atoms with van der Waals surface area (Å²) < 4.78 is 0. The number of para-hydroxylation sites is 2. The number of halogens is 2. The van der Waals surface area contributed by atoms with Crippen molar-refractivity contribution in [2.45, 2.75) is 13.3 Å². The number of likely N-dealkylation sites (N-methyl/N-ethyl adjacent to an activating group) is 1. The van der Waals surface area contributed by atoms with Crippen LogP contribution in [0.1, 0.15) is 12.5 Å². The van der Waals surface area contributed by atoms with Gasteiger partial charge in [0.2, 0.25) is 5.91 Å². The Morgan fingerprint density at radius 3 is 2.48 bits per heavy atom. The zero-order chi connectivity index (χ0) is 15.4. The van der Waals surface area contributed by atoms with Crippen molar-refractivity contribution in [3.05, 3.63) is 58.1 Å². The van der Waals surface area contributed by atoms with E-state index in [0.717, 1.165) is 11.3 Å². The second-order valence-electron chi connectivity index (χ2n) is 4.62. The second-order valence-corrected chi connectivity index (χ2v) is 5.44. The maximum Gasteiger partial charge on any atom is 0.231 e. The molecule has 3 nitrogen and oxygen atoms in total. The molecule has 2 aromatic rings. The van der Waals surface area contributed by atoms with Crippen molar-refractivity contribution in [2.75, 3.05) is 17.2 Å². The predicted octanol–water partition coefficient (Wildman–Crippen LogP) is 4.17. The zero-order valence-corrected chi connectivity index (χ0v) is 13.2. The minimum Gasteiger partial charge on any atom is -0.397 e. The van der Waals surface area contributed by atoms with Crippen LogP contribution in [-0.4, -0.2) is 12.5 Å². The van der Waals surface area contributed by atoms with Crippen molar-refractivity contribution >= 4 is 40.5 Å². The van der Waals surface area contributed by atoms with Gasteiger partial charge >= 0.3 is 0 Å². The van der Waals surface area contributed by atoms with Crippen molar-refractivity contribution in [3.63, 3.8) is 0 Å². The molecule has 0 aliphatic carbocycles. The average molecular weight is 323 g/mol. The van der Waals surface area contributed by atoms with Gasteiger partial charge in [0.05, 0.1) is 27.8 Å². The molecular weight excluding hydrogens is 307 g/mol. The SMILES string of the molecule is CCN(C(=O)Cc1ccc(Cl)c(Cl)c1)c1ccccc1N. The number of nitrogen functional groups attached to an aromatic ring is 1. The molecule has 0 aliphatic rings. The Morgan fingerprint density at radius 2 is 1.86 bits per heavy atom. The molecule has 21 heavy (non-hydrogen) atoms. The fourth-order valence-electron chi connectivity index (χ4n) is 2.13. The molecule has 5 heteroatoms. The second kappa shape index (κ2) is 6.83. The third-order valence-corrected chi connectivity index (χ3v) is 3.92. The number of amides is 1. The predicted molar refractivity (Wildman–Crippen MR) is 89.0 cm³/mol. The molecule has 2 rings (SSSR count). The Balaban J connectivity index is 2.21. The summed E-state index contributed by atoms with van der Waals surface area (Å²) in [5.74, 6) is -0.0335. The Labute approximate surface area is 134 Å². The lowest BCUT2D eigenvalue weighted by molar-refractivity contribution is -0.117. The molecule has 0 heterocycles. The van der Waals surface area contributed by atoms with E-state index in [1.807, 2.05) is 25.1 Å². The number of hydrogen-bond acceptors (Lipinski definition) is 2. The van der Waals surface area contributed by atoms with Gasteiger partial charge in [-0.3, -0.25) is 4.79 Å². The first kappa shape index (κ1) is 15.7. The lowest BCUT2D eigenvalue weighted by atomic mass is 10.1. The lowest BCUT2D eigenvalue weighted by Gasteiger charge is -2.22. The molecule has 0 spiro atoms. The molecule has 0 unspecified atom stereocenters. The maximum absolute atomic E-state index is 12.5. The monoisotopic (exact) mass is 322 g/mol. The van der Waals surface area contributed by atoms with Gasteiger partial charge in [-0.25, -0.2) is 0 Å². The van der Waals surface area contributed by atoms with Crippen LogP contribution in [-0.2, 0) is 11.2 Å². The molecular formula is C16H16Cl2N2O. The Bertz CT molecular complexity index is 658. The van der Waals surface area contributed by atoms with Gasteiger partial charge in [-0.1, -0.05) is 41.4 Å². The highest BCUT2D eigenvalue weighted by atomic mass is 35.5. The van der Waals surface area contributed by atoms with Gasteiger partial charge in [-0.05, 0) is 36.8 Å². The van der Waals surface area contributed by atoms with Crippen LogP contribution >= 0.6 is 23.2 Å². The summed E-state index contributed by atoms with van der Waals surface area (Å²) in [6.45, 7) is 2.47. The molecule has 0 aromatic heterocycles. The van der Waals surface area contributed by atoms with Crippen LogP contribution in [0.25, 0.3) is 0 Å². The zero-order valence-electron chi connectivity index (χ0n) is 11.6. The van der Waals surface area contributed by atoms with E-state index in [0.29, 0.717) is 22.3 Å². The molecule has 0 radical (unpaired) electrons. The molecule has 0 atom stereocenters. The first-order valence-electron chi connectivity index (χ1n) is 6.61. The van der Waals surface area contributed by atoms with E-state index in [9.17, 15) is 4.79 Å². The molecule has 0 saturated heterocycles. The van der Waals surface area contributed by atoms with E-state index in [4.69, 9.17) is 28.9 Å². The first-order chi connectivity index (χ1) is 10.0. The van der Waals surface area contributed by atoms with Gasteiger partial charge in [0.1, 0.15) is 0 Å². The number of carbonyl (C=O) groups is 1. The van der Waals surface area contributed by atoms with Crippen LogP contribution in [0.5, 0.6) is 0 Å². The van der Waals surface area contributed by atoms with Gasteiger partial charge in [0.25, 0.3) is 0 Å². The van der Waals surface area contributed by atoms with E-state index in [1.54, 1.807) is 29.2 Å². The molecule has 0 bridgehead atoms. The molecule has 0 aliphatic heterocycles. The van der Waals surface area contributed by atoms with Crippen LogP contribution < -0.4 is 10.6 Å². The number of nitrogens with two attached hydrogens (primary N) is 1. The quantitative estimate of drug-likeness (QED) is 0.858. The molecule has 2 N–H and O–H groups in total. The van der Waals surface area contributed by atoms with Gasteiger partial charge in [-0.15, -0.1) is 0 Å². The van der Waals surface area contributed by atoms with Gasteiger partial charge < -0.3 is 10.6 Å².